The monoisotopic (exact) mass is 338 g/mol. The van der Waals surface area contributed by atoms with Gasteiger partial charge in [-0.3, -0.25) is 9.88 Å². The molecule has 25 heavy (non-hydrogen) atoms. The first kappa shape index (κ1) is 15.5. The van der Waals surface area contributed by atoms with Gasteiger partial charge in [-0.2, -0.15) is 0 Å². The van der Waals surface area contributed by atoms with Gasteiger partial charge in [0.2, 0.25) is 0 Å². The Morgan fingerprint density at radius 1 is 1.20 bits per heavy atom. The highest BCUT2D eigenvalue weighted by Crippen LogP contribution is 2.30. The van der Waals surface area contributed by atoms with Gasteiger partial charge < -0.3 is 9.84 Å². The summed E-state index contributed by atoms with van der Waals surface area (Å²) in [5.41, 5.74) is 1.61. The maximum absolute atomic E-state index is 14.7. The molecular formula is C19H15FN2O3. The van der Waals surface area contributed by atoms with Crippen LogP contribution in [-0.4, -0.2) is 35.4 Å². The fraction of sp³-hybridized carbons (Fsp3) is 0.158. The lowest BCUT2D eigenvalue weighted by Gasteiger charge is -2.14. The SMILES string of the molecule is O=C1O[C@@H](CO)CN1c1ccc(-c2ccc3cnccc3c2)c(F)c1. The van der Waals surface area contributed by atoms with Crippen LogP contribution < -0.4 is 4.90 Å². The number of hydrogen-bond acceptors (Lipinski definition) is 4. The maximum Gasteiger partial charge on any atom is 0.414 e. The Kier molecular flexibility index (Phi) is 3.82. The topological polar surface area (TPSA) is 62.7 Å². The number of carbonyl (C=O) groups excluding carboxylic acids is 1. The van der Waals surface area contributed by atoms with E-state index in [9.17, 15) is 9.18 Å². The van der Waals surface area contributed by atoms with E-state index in [-0.39, 0.29) is 13.2 Å². The average molecular weight is 338 g/mol. The van der Waals surface area contributed by atoms with Crippen molar-refractivity contribution in [1.29, 1.82) is 0 Å². The molecule has 2 heterocycles. The summed E-state index contributed by atoms with van der Waals surface area (Å²) in [6, 6.07) is 12.2. The largest absolute Gasteiger partial charge is 0.441 e. The molecule has 4 rings (SSSR count). The molecule has 5 nitrogen and oxygen atoms in total. The number of aliphatic hydroxyl groups is 1. The van der Waals surface area contributed by atoms with Gasteiger partial charge in [0.15, 0.2) is 0 Å². The molecule has 0 spiro atoms. The number of nitrogens with zero attached hydrogens (tertiary/aromatic N) is 2. The number of hydrogen-bond donors (Lipinski definition) is 1. The smallest absolute Gasteiger partial charge is 0.414 e. The number of cyclic esters (lactones) is 1. The standard InChI is InChI=1S/C19H15FN2O3/c20-18-8-15(22-10-16(11-23)25-19(22)24)3-4-17(18)13-1-2-14-9-21-6-5-12(14)7-13/h1-9,16,23H,10-11H2/t16-/m1/s1. The van der Waals surface area contributed by atoms with Crippen LogP contribution in [0.25, 0.3) is 21.9 Å². The molecule has 1 aliphatic heterocycles. The molecule has 2 aromatic carbocycles. The van der Waals surface area contributed by atoms with Crippen molar-refractivity contribution in [3.8, 4) is 11.1 Å². The first-order valence-electron chi connectivity index (χ1n) is 7.88. The van der Waals surface area contributed by atoms with Crippen molar-refractivity contribution in [2.75, 3.05) is 18.1 Å². The van der Waals surface area contributed by atoms with Crippen LogP contribution in [0, 0.1) is 5.82 Å². The fourth-order valence-electron chi connectivity index (χ4n) is 2.98. The first-order valence-corrected chi connectivity index (χ1v) is 7.88. The number of amides is 1. The molecule has 126 valence electrons. The Morgan fingerprint density at radius 2 is 2.08 bits per heavy atom. The van der Waals surface area contributed by atoms with Gasteiger partial charge in [0.25, 0.3) is 0 Å². The number of ether oxygens (including phenoxy) is 1. The van der Waals surface area contributed by atoms with Crippen molar-refractivity contribution in [3.05, 3.63) is 60.7 Å². The van der Waals surface area contributed by atoms with Crippen molar-refractivity contribution in [1.82, 2.24) is 4.98 Å². The van der Waals surface area contributed by atoms with Crippen molar-refractivity contribution in [3.63, 3.8) is 0 Å². The molecule has 0 radical (unpaired) electrons. The molecule has 0 bridgehead atoms. The average Bonchev–Trinajstić information content (AvgIpc) is 3.02. The van der Waals surface area contributed by atoms with Crippen LogP contribution in [0.4, 0.5) is 14.9 Å². The molecule has 1 fully saturated rings. The Hall–Kier alpha value is -2.99. The predicted molar refractivity (Wildman–Crippen MR) is 91.8 cm³/mol. The van der Waals surface area contributed by atoms with Gasteiger partial charge in [0.05, 0.1) is 18.8 Å². The molecule has 1 atom stereocenters. The third kappa shape index (κ3) is 2.81. The first-order chi connectivity index (χ1) is 12.2. The fourth-order valence-corrected chi connectivity index (χ4v) is 2.98. The van der Waals surface area contributed by atoms with Gasteiger partial charge in [-0.1, -0.05) is 12.1 Å². The zero-order valence-corrected chi connectivity index (χ0v) is 13.2. The number of halogens is 1. The summed E-state index contributed by atoms with van der Waals surface area (Å²) in [6.45, 7) is -0.0498. The van der Waals surface area contributed by atoms with Gasteiger partial charge in [0, 0.05) is 23.3 Å². The predicted octanol–water partition coefficient (Wildman–Crippen LogP) is 3.36. The normalized spacial score (nSPS) is 17.1. The van der Waals surface area contributed by atoms with Gasteiger partial charge in [0.1, 0.15) is 11.9 Å². The van der Waals surface area contributed by atoms with E-state index in [0.29, 0.717) is 11.3 Å². The highest BCUT2D eigenvalue weighted by molar-refractivity contribution is 5.91. The highest BCUT2D eigenvalue weighted by atomic mass is 19.1. The van der Waals surface area contributed by atoms with Gasteiger partial charge in [-0.05, 0) is 41.3 Å². The molecule has 1 saturated heterocycles. The second kappa shape index (κ2) is 6.14. The van der Waals surface area contributed by atoms with Crippen LogP contribution >= 0.6 is 0 Å². The second-order valence-electron chi connectivity index (χ2n) is 5.90. The van der Waals surface area contributed by atoms with E-state index >= 15 is 0 Å². The summed E-state index contributed by atoms with van der Waals surface area (Å²) in [6.07, 6.45) is 2.30. The number of aliphatic hydroxyl groups excluding tert-OH is 1. The molecule has 1 amide bonds. The van der Waals surface area contributed by atoms with Crippen LogP contribution in [0.5, 0.6) is 0 Å². The van der Waals surface area contributed by atoms with Crippen LogP contribution in [-0.2, 0) is 4.74 Å². The molecule has 0 saturated carbocycles. The maximum atomic E-state index is 14.7. The zero-order valence-electron chi connectivity index (χ0n) is 13.2. The van der Waals surface area contributed by atoms with Crippen molar-refractivity contribution >= 4 is 22.6 Å². The third-order valence-corrected chi connectivity index (χ3v) is 4.29. The molecule has 1 aromatic heterocycles. The number of fused-ring (bicyclic) bond motifs is 1. The van der Waals surface area contributed by atoms with E-state index in [2.05, 4.69) is 4.98 Å². The van der Waals surface area contributed by atoms with E-state index < -0.39 is 18.0 Å². The summed E-state index contributed by atoms with van der Waals surface area (Å²) < 4.78 is 19.6. The summed E-state index contributed by atoms with van der Waals surface area (Å²) >= 11 is 0. The van der Waals surface area contributed by atoms with Crippen LogP contribution in [0.2, 0.25) is 0 Å². The molecule has 1 N–H and O–H groups in total. The number of benzene rings is 2. The van der Waals surface area contributed by atoms with Crippen LogP contribution in [0.1, 0.15) is 0 Å². The summed E-state index contributed by atoms with van der Waals surface area (Å²) in [4.78, 5) is 17.2. The quantitative estimate of drug-likeness (QED) is 0.795. The minimum atomic E-state index is -0.579. The van der Waals surface area contributed by atoms with Crippen molar-refractivity contribution in [2.45, 2.75) is 6.10 Å². The van der Waals surface area contributed by atoms with Gasteiger partial charge in [-0.25, -0.2) is 9.18 Å². The highest BCUT2D eigenvalue weighted by Gasteiger charge is 2.32. The number of aromatic nitrogens is 1. The van der Waals surface area contributed by atoms with Crippen molar-refractivity contribution in [2.24, 2.45) is 0 Å². The van der Waals surface area contributed by atoms with E-state index in [1.807, 2.05) is 24.3 Å². The zero-order chi connectivity index (χ0) is 17.4. The Labute approximate surface area is 143 Å². The third-order valence-electron chi connectivity index (χ3n) is 4.29. The van der Waals surface area contributed by atoms with Gasteiger partial charge in [-0.15, -0.1) is 0 Å². The lowest BCUT2D eigenvalue weighted by molar-refractivity contribution is 0.0963. The lowest BCUT2D eigenvalue weighted by atomic mass is 10.0. The molecular weight excluding hydrogens is 323 g/mol. The van der Waals surface area contributed by atoms with E-state index in [0.717, 1.165) is 16.3 Å². The minimum absolute atomic E-state index is 0.205. The summed E-state index contributed by atoms with van der Waals surface area (Å²) in [7, 11) is 0. The van der Waals surface area contributed by atoms with Crippen LogP contribution in [0.3, 0.4) is 0 Å². The van der Waals surface area contributed by atoms with E-state index in [1.165, 1.54) is 11.0 Å². The lowest BCUT2D eigenvalue weighted by Crippen LogP contribution is -2.25. The Morgan fingerprint density at radius 3 is 2.84 bits per heavy atom. The Bertz CT molecular complexity index is 960. The summed E-state index contributed by atoms with van der Waals surface area (Å²) in [5, 5.41) is 11.1. The molecule has 3 aromatic rings. The van der Waals surface area contributed by atoms with Crippen molar-refractivity contribution < 1.29 is 19.0 Å². The molecule has 0 unspecified atom stereocenters. The van der Waals surface area contributed by atoms with E-state index in [1.54, 1.807) is 24.5 Å². The minimum Gasteiger partial charge on any atom is -0.441 e. The second-order valence-corrected chi connectivity index (χ2v) is 5.90. The number of pyridine rings is 1. The molecule has 1 aliphatic rings. The Balaban J connectivity index is 1.68. The number of anilines is 1. The van der Waals surface area contributed by atoms with Gasteiger partial charge >= 0.3 is 6.09 Å². The summed E-state index contributed by atoms with van der Waals surface area (Å²) in [5.74, 6) is -0.425. The van der Waals surface area contributed by atoms with E-state index in [4.69, 9.17) is 9.84 Å². The molecule has 6 heteroatoms. The van der Waals surface area contributed by atoms with Crippen LogP contribution in [0.15, 0.2) is 54.9 Å². The number of carbonyl (C=O) groups is 1. The number of rotatable bonds is 3. The molecule has 0 aliphatic carbocycles.